The molecule has 1 atom stereocenters. The Kier molecular flexibility index (Phi) is 5.33. The molecule has 1 aromatic rings. The Morgan fingerprint density at radius 3 is 2.81 bits per heavy atom. The Hall–Kier alpha value is -1.88. The standard InChI is InChI=1S/C16H23N3O2/c1-11(2)9-18-14(20)10-19-16(21)15-13-6-4-3-5-12(13)7-8-17-15/h3-6,11,15,17H,7-10H2,1-2H3,(H,18,20)(H,19,21). The number of nitrogens with one attached hydrogen (secondary N) is 3. The smallest absolute Gasteiger partial charge is 0.242 e. The van der Waals surface area contributed by atoms with Gasteiger partial charge in [0.2, 0.25) is 11.8 Å². The first-order chi connectivity index (χ1) is 10.1. The Morgan fingerprint density at radius 2 is 2.05 bits per heavy atom. The Morgan fingerprint density at radius 1 is 1.29 bits per heavy atom. The van der Waals surface area contributed by atoms with Crippen molar-refractivity contribution >= 4 is 11.8 Å². The van der Waals surface area contributed by atoms with Gasteiger partial charge in [0.1, 0.15) is 6.04 Å². The van der Waals surface area contributed by atoms with Gasteiger partial charge >= 0.3 is 0 Å². The molecular weight excluding hydrogens is 266 g/mol. The van der Waals surface area contributed by atoms with Crippen molar-refractivity contribution in [1.29, 1.82) is 0 Å². The monoisotopic (exact) mass is 289 g/mol. The molecule has 0 bridgehead atoms. The lowest BCUT2D eigenvalue weighted by Gasteiger charge is -2.25. The molecule has 21 heavy (non-hydrogen) atoms. The van der Waals surface area contributed by atoms with E-state index in [-0.39, 0.29) is 24.4 Å². The lowest BCUT2D eigenvalue weighted by Crippen LogP contribution is -2.45. The molecule has 0 aliphatic carbocycles. The van der Waals surface area contributed by atoms with Gasteiger partial charge in [0.25, 0.3) is 0 Å². The van der Waals surface area contributed by atoms with Gasteiger partial charge in [-0.25, -0.2) is 0 Å². The summed E-state index contributed by atoms with van der Waals surface area (Å²) in [5.74, 6) is 0.0968. The summed E-state index contributed by atoms with van der Waals surface area (Å²) in [7, 11) is 0. The van der Waals surface area contributed by atoms with Crippen molar-refractivity contribution in [1.82, 2.24) is 16.0 Å². The zero-order valence-corrected chi connectivity index (χ0v) is 12.6. The van der Waals surface area contributed by atoms with Gasteiger partial charge in [-0.15, -0.1) is 0 Å². The van der Waals surface area contributed by atoms with E-state index in [1.54, 1.807) is 0 Å². The van der Waals surface area contributed by atoms with E-state index in [9.17, 15) is 9.59 Å². The van der Waals surface area contributed by atoms with E-state index in [2.05, 4.69) is 16.0 Å². The van der Waals surface area contributed by atoms with Gasteiger partial charge in [-0.2, -0.15) is 0 Å². The van der Waals surface area contributed by atoms with Crippen molar-refractivity contribution in [2.45, 2.75) is 26.3 Å². The topological polar surface area (TPSA) is 70.2 Å². The van der Waals surface area contributed by atoms with Crippen LogP contribution in [0.2, 0.25) is 0 Å². The van der Waals surface area contributed by atoms with Gasteiger partial charge < -0.3 is 16.0 Å². The minimum Gasteiger partial charge on any atom is -0.354 e. The molecule has 0 saturated carbocycles. The third-order valence-corrected chi connectivity index (χ3v) is 3.50. The number of amides is 2. The first-order valence-electron chi connectivity index (χ1n) is 7.43. The van der Waals surface area contributed by atoms with Crippen molar-refractivity contribution in [3.8, 4) is 0 Å². The van der Waals surface area contributed by atoms with E-state index in [4.69, 9.17) is 0 Å². The van der Waals surface area contributed by atoms with Crippen LogP contribution in [-0.2, 0) is 16.0 Å². The van der Waals surface area contributed by atoms with Gasteiger partial charge in [-0.3, -0.25) is 9.59 Å². The van der Waals surface area contributed by atoms with E-state index in [1.807, 2.05) is 38.1 Å². The highest BCUT2D eigenvalue weighted by atomic mass is 16.2. The SMILES string of the molecule is CC(C)CNC(=O)CNC(=O)C1NCCc2ccccc21. The van der Waals surface area contributed by atoms with E-state index in [0.29, 0.717) is 12.5 Å². The highest BCUT2D eigenvalue weighted by Crippen LogP contribution is 2.22. The first kappa shape index (κ1) is 15.5. The minimum atomic E-state index is -0.368. The molecule has 1 aliphatic heterocycles. The second-order valence-electron chi connectivity index (χ2n) is 5.75. The molecule has 3 N–H and O–H groups in total. The molecule has 114 valence electrons. The summed E-state index contributed by atoms with van der Waals surface area (Å²) in [5, 5.41) is 8.69. The zero-order valence-electron chi connectivity index (χ0n) is 12.6. The molecule has 1 unspecified atom stereocenters. The van der Waals surface area contributed by atoms with Crippen molar-refractivity contribution in [3.05, 3.63) is 35.4 Å². The summed E-state index contributed by atoms with van der Waals surface area (Å²) < 4.78 is 0. The highest BCUT2D eigenvalue weighted by Gasteiger charge is 2.25. The van der Waals surface area contributed by atoms with Crippen LogP contribution in [-0.4, -0.2) is 31.4 Å². The van der Waals surface area contributed by atoms with Crippen LogP contribution in [0.3, 0.4) is 0 Å². The summed E-state index contributed by atoms with van der Waals surface area (Å²) in [5.41, 5.74) is 2.20. The second kappa shape index (κ2) is 7.22. The highest BCUT2D eigenvalue weighted by molar-refractivity contribution is 5.88. The van der Waals surface area contributed by atoms with Crippen LogP contribution >= 0.6 is 0 Å². The average molecular weight is 289 g/mol. The van der Waals surface area contributed by atoms with E-state index in [1.165, 1.54) is 5.56 Å². The fourth-order valence-corrected chi connectivity index (χ4v) is 2.39. The van der Waals surface area contributed by atoms with E-state index >= 15 is 0 Å². The molecule has 2 amide bonds. The number of benzene rings is 1. The molecular formula is C16H23N3O2. The van der Waals surface area contributed by atoms with Crippen molar-refractivity contribution in [2.75, 3.05) is 19.6 Å². The van der Waals surface area contributed by atoms with Crippen molar-refractivity contribution in [2.24, 2.45) is 5.92 Å². The molecule has 0 spiro atoms. The third kappa shape index (κ3) is 4.29. The molecule has 2 rings (SSSR count). The fourth-order valence-electron chi connectivity index (χ4n) is 2.39. The predicted molar refractivity (Wildman–Crippen MR) is 81.7 cm³/mol. The minimum absolute atomic E-state index is 0.0197. The summed E-state index contributed by atoms with van der Waals surface area (Å²) in [6.07, 6.45) is 0.925. The third-order valence-electron chi connectivity index (χ3n) is 3.50. The second-order valence-corrected chi connectivity index (χ2v) is 5.75. The summed E-state index contributed by atoms with van der Waals surface area (Å²) in [6, 6.07) is 7.56. The molecule has 5 heteroatoms. The van der Waals surface area contributed by atoms with Crippen LogP contribution in [0.4, 0.5) is 0 Å². The van der Waals surface area contributed by atoms with Crippen LogP contribution in [0, 0.1) is 5.92 Å². The van der Waals surface area contributed by atoms with Gasteiger partial charge in [-0.1, -0.05) is 38.1 Å². The molecule has 1 aliphatic rings. The first-order valence-corrected chi connectivity index (χ1v) is 7.43. The number of fused-ring (bicyclic) bond motifs is 1. The average Bonchev–Trinajstić information content (AvgIpc) is 2.50. The van der Waals surface area contributed by atoms with Gasteiger partial charge in [0, 0.05) is 13.1 Å². The maximum atomic E-state index is 12.2. The molecule has 0 aromatic heterocycles. The van der Waals surface area contributed by atoms with Crippen LogP contribution in [0.5, 0.6) is 0 Å². The number of hydrogen-bond donors (Lipinski definition) is 3. The summed E-state index contributed by atoms with van der Waals surface area (Å²) in [6.45, 7) is 5.48. The summed E-state index contributed by atoms with van der Waals surface area (Å²) >= 11 is 0. The van der Waals surface area contributed by atoms with Crippen LogP contribution in [0.15, 0.2) is 24.3 Å². The van der Waals surface area contributed by atoms with Crippen molar-refractivity contribution < 1.29 is 9.59 Å². The number of hydrogen-bond acceptors (Lipinski definition) is 3. The Labute approximate surface area is 125 Å². The molecule has 0 fully saturated rings. The quantitative estimate of drug-likeness (QED) is 0.749. The van der Waals surface area contributed by atoms with Gasteiger partial charge in [-0.05, 0) is 23.5 Å². The normalized spacial score (nSPS) is 17.2. The van der Waals surface area contributed by atoms with Crippen LogP contribution in [0.1, 0.15) is 31.0 Å². The zero-order chi connectivity index (χ0) is 15.2. The number of carbonyl (C=O) groups is 2. The van der Waals surface area contributed by atoms with Gasteiger partial charge in [0.05, 0.1) is 6.54 Å². The lowest BCUT2D eigenvalue weighted by molar-refractivity contribution is -0.127. The predicted octanol–water partition coefficient (Wildman–Crippen LogP) is 0.762. The molecule has 1 heterocycles. The molecule has 5 nitrogen and oxygen atoms in total. The van der Waals surface area contributed by atoms with Crippen LogP contribution < -0.4 is 16.0 Å². The maximum absolute atomic E-state index is 12.2. The van der Waals surface area contributed by atoms with E-state index < -0.39 is 0 Å². The number of rotatable bonds is 5. The Balaban J connectivity index is 1.88. The van der Waals surface area contributed by atoms with Crippen molar-refractivity contribution in [3.63, 3.8) is 0 Å². The fraction of sp³-hybridized carbons (Fsp3) is 0.500. The van der Waals surface area contributed by atoms with Crippen LogP contribution in [0.25, 0.3) is 0 Å². The largest absolute Gasteiger partial charge is 0.354 e. The maximum Gasteiger partial charge on any atom is 0.242 e. The van der Waals surface area contributed by atoms with Gasteiger partial charge in [0.15, 0.2) is 0 Å². The molecule has 0 radical (unpaired) electrons. The molecule has 0 saturated heterocycles. The summed E-state index contributed by atoms with van der Waals surface area (Å²) in [4.78, 5) is 23.9. The van der Waals surface area contributed by atoms with E-state index in [0.717, 1.165) is 18.5 Å². The Bertz CT molecular complexity index is 514. The molecule has 1 aromatic carbocycles. The lowest BCUT2D eigenvalue weighted by atomic mass is 9.94. The number of carbonyl (C=O) groups excluding carboxylic acids is 2.